The molecule has 0 aliphatic carbocycles. The van der Waals surface area contributed by atoms with Crippen LogP contribution in [-0.4, -0.2) is 34.2 Å². The molecule has 0 spiro atoms. The molecule has 0 amide bonds. The molecule has 0 radical (unpaired) electrons. The van der Waals surface area contributed by atoms with Crippen LogP contribution in [0.4, 0.5) is 4.39 Å². The topological polar surface area (TPSA) is 43.7 Å². The molecule has 1 aliphatic rings. The van der Waals surface area contributed by atoms with Crippen LogP contribution in [0.2, 0.25) is 0 Å². The Bertz CT molecular complexity index is 651. The SMILES string of the molecule is C[C@@H]([C@@H](O)c1ccc(F)cc1)N1CCC(O)(c2ccccc2)CC1. The zero-order chi connectivity index (χ0) is 17.2. The molecule has 2 aromatic carbocycles. The summed E-state index contributed by atoms with van der Waals surface area (Å²) in [5.41, 5.74) is 0.877. The minimum atomic E-state index is -0.793. The highest BCUT2D eigenvalue weighted by Gasteiger charge is 2.36. The largest absolute Gasteiger partial charge is 0.387 e. The van der Waals surface area contributed by atoms with Crippen LogP contribution in [0.15, 0.2) is 54.6 Å². The minimum Gasteiger partial charge on any atom is -0.387 e. The lowest BCUT2D eigenvalue weighted by Gasteiger charge is -2.42. The van der Waals surface area contributed by atoms with E-state index in [-0.39, 0.29) is 11.9 Å². The highest BCUT2D eigenvalue weighted by Crippen LogP contribution is 2.34. The molecule has 1 aliphatic heterocycles. The molecule has 24 heavy (non-hydrogen) atoms. The van der Waals surface area contributed by atoms with Gasteiger partial charge in [0.15, 0.2) is 0 Å². The monoisotopic (exact) mass is 329 g/mol. The molecule has 1 saturated heterocycles. The van der Waals surface area contributed by atoms with Crippen LogP contribution in [0.5, 0.6) is 0 Å². The summed E-state index contributed by atoms with van der Waals surface area (Å²) in [6, 6.07) is 15.7. The van der Waals surface area contributed by atoms with Crippen molar-refractivity contribution in [2.45, 2.75) is 37.5 Å². The summed E-state index contributed by atoms with van der Waals surface area (Å²) in [6.07, 6.45) is 0.600. The maximum absolute atomic E-state index is 13.0. The Balaban J connectivity index is 1.64. The summed E-state index contributed by atoms with van der Waals surface area (Å²) >= 11 is 0. The van der Waals surface area contributed by atoms with Gasteiger partial charge in [0, 0.05) is 19.1 Å². The summed E-state index contributed by atoms with van der Waals surface area (Å²) in [4.78, 5) is 2.19. The molecule has 3 rings (SSSR count). The lowest BCUT2D eigenvalue weighted by molar-refractivity contribution is -0.0501. The summed E-state index contributed by atoms with van der Waals surface area (Å²) in [6.45, 7) is 3.40. The number of aliphatic hydroxyl groups is 2. The summed E-state index contributed by atoms with van der Waals surface area (Å²) in [5.74, 6) is -0.301. The van der Waals surface area contributed by atoms with Crippen molar-refractivity contribution in [2.75, 3.05) is 13.1 Å². The Morgan fingerprint density at radius 2 is 1.58 bits per heavy atom. The van der Waals surface area contributed by atoms with Crippen LogP contribution in [-0.2, 0) is 5.60 Å². The second kappa shape index (κ2) is 7.01. The second-order valence-corrected chi connectivity index (χ2v) is 6.67. The van der Waals surface area contributed by atoms with Gasteiger partial charge in [0.2, 0.25) is 0 Å². The van der Waals surface area contributed by atoms with Crippen LogP contribution < -0.4 is 0 Å². The first-order valence-corrected chi connectivity index (χ1v) is 8.45. The maximum Gasteiger partial charge on any atom is 0.123 e. The molecular weight excluding hydrogens is 305 g/mol. The lowest BCUT2D eigenvalue weighted by Crippen LogP contribution is -2.47. The van der Waals surface area contributed by atoms with Gasteiger partial charge in [-0.25, -0.2) is 4.39 Å². The van der Waals surface area contributed by atoms with Crippen molar-refractivity contribution in [2.24, 2.45) is 0 Å². The molecular formula is C20H24FNO2. The first kappa shape index (κ1) is 17.1. The van der Waals surface area contributed by atoms with E-state index in [0.717, 1.165) is 5.56 Å². The average Bonchev–Trinajstić information content (AvgIpc) is 2.62. The van der Waals surface area contributed by atoms with Crippen molar-refractivity contribution in [1.82, 2.24) is 4.90 Å². The van der Waals surface area contributed by atoms with Gasteiger partial charge >= 0.3 is 0 Å². The fourth-order valence-corrected chi connectivity index (χ4v) is 3.48. The number of benzene rings is 2. The van der Waals surface area contributed by atoms with Crippen molar-refractivity contribution in [3.63, 3.8) is 0 Å². The number of hydrogen-bond acceptors (Lipinski definition) is 3. The third-order valence-corrected chi connectivity index (χ3v) is 5.18. The molecule has 2 atom stereocenters. The maximum atomic E-state index is 13.0. The summed E-state index contributed by atoms with van der Waals surface area (Å²) in [7, 11) is 0. The van der Waals surface area contributed by atoms with E-state index in [2.05, 4.69) is 4.90 Å². The number of likely N-dealkylation sites (tertiary alicyclic amines) is 1. The lowest BCUT2D eigenvalue weighted by atomic mass is 9.83. The zero-order valence-corrected chi connectivity index (χ0v) is 13.9. The molecule has 0 unspecified atom stereocenters. The summed E-state index contributed by atoms with van der Waals surface area (Å²) < 4.78 is 13.0. The van der Waals surface area contributed by atoms with Gasteiger partial charge in [0.25, 0.3) is 0 Å². The van der Waals surface area contributed by atoms with E-state index in [1.165, 1.54) is 12.1 Å². The van der Waals surface area contributed by atoms with E-state index in [1.807, 2.05) is 37.3 Å². The Labute approximate surface area is 142 Å². The molecule has 0 aromatic heterocycles. The smallest absolute Gasteiger partial charge is 0.123 e. The van der Waals surface area contributed by atoms with Crippen molar-refractivity contribution in [3.05, 3.63) is 71.5 Å². The molecule has 128 valence electrons. The average molecular weight is 329 g/mol. The van der Waals surface area contributed by atoms with Crippen LogP contribution in [0, 0.1) is 5.82 Å². The third-order valence-electron chi connectivity index (χ3n) is 5.18. The highest BCUT2D eigenvalue weighted by atomic mass is 19.1. The van der Waals surface area contributed by atoms with Gasteiger partial charge < -0.3 is 10.2 Å². The molecule has 1 heterocycles. The number of halogens is 1. The van der Waals surface area contributed by atoms with E-state index in [0.29, 0.717) is 31.5 Å². The van der Waals surface area contributed by atoms with Crippen LogP contribution in [0.1, 0.15) is 37.0 Å². The Kier molecular flexibility index (Phi) is 4.99. The van der Waals surface area contributed by atoms with Crippen LogP contribution in [0.3, 0.4) is 0 Å². The predicted molar refractivity (Wildman–Crippen MR) is 92.0 cm³/mol. The predicted octanol–water partition coefficient (Wildman–Crippen LogP) is 3.23. The van der Waals surface area contributed by atoms with Crippen molar-refractivity contribution >= 4 is 0 Å². The van der Waals surface area contributed by atoms with Crippen molar-refractivity contribution < 1.29 is 14.6 Å². The third kappa shape index (κ3) is 3.51. The van der Waals surface area contributed by atoms with Gasteiger partial charge in [-0.05, 0) is 43.0 Å². The zero-order valence-electron chi connectivity index (χ0n) is 13.9. The van der Waals surface area contributed by atoms with E-state index < -0.39 is 11.7 Å². The summed E-state index contributed by atoms with van der Waals surface area (Å²) in [5, 5.41) is 21.5. The fourth-order valence-electron chi connectivity index (χ4n) is 3.48. The molecule has 2 N–H and O–H groups in total. The number of piperidine rings is 1. The highest BCUT2D eigenvalue weighted by molar-refractivity contribution is 5.23. The van der Waals surface area contributed by atoms with Gasteiger partial charge in [-0.15, -0.1) is 0 Å². The van der Waals surface area contributed by atoms with Crippen LogP contribution in [0.25, 0.3) is 0 Å². The van der Waals surface area contributed by atoms with Gasteiger partial charge in [0.1, 0.15) is 5.82 Å². The normalized spacial score (nSPS) is 20.5. The quantitative estimate of drug-likeness (QED) is 0.905. The van der Waals surface area contributed by atoms with Crippen molar-refractivity contribution in [1.29, 1.82) is 0 Å². The Morgan fingerprint density at radius 1 is 1.00 bits per heavy atom. The molecule has 3 nitrogen and oxygen atoms in total. The Morgan fingerprint density at radius 3 is 2.17 bits per heavy atom. The minimum absolute atomic E-state index is 0.0872. The van der Waals surface area contributed by atoms with Gasteiger partial charge in [-0.1, -0.05) is 42.5 Å². The van der Waals surface area contributed by atoms with E-state index in [1.54, 1.807) is 12.1 Å². The van der Waals surface area contributed by atoms with E-state index in [9.17, 15) is 14.6 Å². The van der Waals surface area contributed by atoms with E-state index in [4.69, 9.17) is 0 Å². The van der Waals surface area contributed by atoms with Crippen molar-refractivity contribution in [3.8, 4) is 0 Å². The second-order valence-electron chi connectivity index (χ2n) is 6.67. The molecule has 2 aromatic rings. The Hall–Kier alpha value is -1.75. The van der Waals surface area contributed by atoms with Gasteiger partial charge in [-0.3, -0.25) is 4.90 Å². The molecule has 0 saturated carbocycles. The molecule has 0 bridgehead atoms. The first-order valence-electron chi connectivity index (χ1n) is 8.45. The van der Waals surface area contributed by atoms with E-state index >= 15 is 0 Å². The van der Waals surface area contributed by atoms with Crippen LogP contribution >= 0.6 is 0 Å². The fraction of sp³-hybridized carbons (Fsp3) is 0.400. The van der Waals surface area contributed by atoms with Gasteiger partial charge in [-0.2, -0.15) is 0 Å². The number of nitrogens with zero attached hydrogens (tertiary/aromatic N) is 1. The number of rotatable bonds is 4. The first-order chi connectivity index (χ1) is 11.5. The number of aliphatic hydroxyl groups excluding tert-OH is 1. The molecule has 4 heteroatoms. The molecule has 1 fully saturated rings. The standard InChI is InChI=1S/C20H24FNO2/c1-15(19(23)16-7-9-18(21)10-8-16)22-13-11-20(24,12-14-22)17-5-3-2-4-6-17/h2-10,15,19,23-24H,11-14H2,1H3/t15-,19+/m0/s1. The van der Waals surface area contributed by atoms with Gasteiger partial charge in [0.05, 0.1) is 11.7 Å². The number of hydrogen-bond donors (Lipinski definition) is 2.